The molecule has 4 amide bonds. The van der Waals surface area contributed by atoms with E-state index in [9.17, 15) is 14.4 Å². The molecule has 0 saturated carbocycles. The molecule has 0 aliphatic carbocycles. The Kier molecular flexibility index (Phi) is 6.59. The van der Waals surface area contributed by atoms with Crippen LogP contribution in [0.15, 0.2) is 96.6 Å². The Balaban J connectivity index is 1.45. The molecular formula is C35H28N2O4. The van der Waals surface area contributed by atoms with Crippen molar-refractivity contribution in [3.63, 3.8) is 0 Å². The first-order valence-corrected chi connectivity index (χ1v) is 13.4. The molecular weight excluding hydrogens is 512 g/mol. The number of carbonyl (C=O) groups is 3. The zero-order valence-corrected chi connectivity index (χ0v) is 23.0. The van der Waals surface area contributed by atoms with E-state index >= 15 is 0 Å². The molecule has 1 N–H and O–H groups in total. The van der Waals surface area contributed by atoms with Crippen molar-refractivity contribution in [3.8, 4) is 5.75 Å². The molecule has 1 aliphatic rings. The third kappa shape index (κ3) is 4.74. The van der Waals surface area contributed by atoms with E-state index in [0.717, 1.165) is 48.7 Å². The van der Waals surface area contributed by atoms with E-state index in [-0.39, 0.29) is 5.57 Å². The smallest absolute Gasteiger partial charge is 0.335 e. The highest BCUT2D eigenvalue weighted by molar-refractivity contribution is 6.39. The summed E-state index contributed by atoms with van der Waals surface area (Å²) in [4.78, 5) is 40.7. The van der Waals surface area contributed by atoms with Gasteiger partial charge in [-0.3, -0.25) is 14.9 Å². The van der Waals surface area contributed by atoms with E-state index in [4.69, 9.17) is 4.74 Å². The average molecular weight is 541 g/mol. The first kappa shape index (κ1) is 26.0. The number of fused-ring (bicyclic) bond motifs is 2. The Morgan fingerprint density at radius 1 is 0.756 bits per heavy atom. The fourth-order valence-corrected chi connectivity index (χ4v) is 5.41. The number of hydrogen-bond acceptors (Lipinski definition) is 4. The zero-order chi connectivity index (χ0) is 28.7. The van der Waals surface area contributed by atoms with E-state index in [2.05, 4.69) is 36.5 Å². The lowest BCUT2D eigenvalue weighted by molar-refractivity contribution is -0.122. The molecule has 0 unspecified atom stereocenters. The lowest BCUT2D eigenvalue weighted by atomic mass is 9.99. The average Bonchev–Trinajstić information content (AvgIpc) is 2.96. The summed E-state index contributed by atoms with van der Waals surface area (Å²) in [5.74, 6) is -0.904. The monoisotopic (exact) mass is 540 g/mol. The lowest BCUT2D eigenvalue weighted by Gasteiger charge is -2.28. The molecule has 6 rings (SSSR count). The van der Waals surface area contributed by atoms with Crippen molar-refractivity contribution in [1.82, 2.24) is 5.32 Å². The number of nitrogens with zero attached hydrogens (tertiary/aromatic N) is 1. The summed E-state index contributed by atoms with van der Waals surface area (Å²) in [7, 11) is 0. The Bertz CT molecular complexity index is 1920. The molecule has 1 aliphatic heterocycles. The minimum Gasteiger partial charge on any atom is -0.488 e. The minimum absolute atomic E-state index is 0.146. The molecule has 6 nitrogen and oxygen atoms in total. The predicted molar refractivity (Wildman–Crippen MR) is 162 cm³/mol. The highest BCUT2D eigenvalue weighted by Crippen LogP contribution is 2.34. The van der Waals surface area contributed by atoms with E-state index < -0.39 is 17.8 Å². The Morgan fingerprint density at radius 2 is 1.44 bits per heavy atom. The number of hydrogen-bond donors (Lipinski definition) is 1. The van der Waals surface area contributed by atoms with Crippen LogP contribution in [0, 0.1) is 20.8 Å². The highest BCUT2D eigenvalue weighted by Gasteiger charge is 2.37. The third-order valence-electron chi connectivity index (χ3n) is 7.56. The summed E-state index contributed by atoms with van der Waals surface area (Å²) >= 11 is 0. The van der Waals surface area contributed by atoms with E-state index in [1.54, 1.807) is 6.07 Å². The van der Waals surface area contributed by atoms with Crippen molar-refractivity contribution >= 4 is 51.2 Å². The van der Waals surface area contributed by atoms with Crippen LogP contribution < -0.4 is 15.0 Å². The van der Waals surface area contributed by atoms with Crippen LogP contribution in [-0.4, -0.2) is 17.8 Å². The summed E-state index contributed by atoms with van der Waals surface area (Å²) in [6, 6.07) is 28.5. The Labute approximate surface area is 237 Å². The number of aryl methyl sites for hydroxylation is 3. The summed E-state index contributed by atoms with van der Waals surface area (Å²) in [6.45, 7) is 6.12. The van der Waals surface area contributed by atoms with Crippen molar-refractivity contribution < 1.29 is 19.1 Å². The predicted octanol–water partition coefficient (Wildman–Crippen LogP) is 7.16. The molecule has 0 radical (unpaired) electrons. The normalized spacial score (nSPS) is 14.7. The summed E-state index contributed by atoms with van der Waals surface area (Å²) in [5.41, 5.74) is 4.80. The van der Waals surface area contributed by atoms with Gasteiger partial charge in [-0.15, -0.1) is 0 Å². The Morgan fingerprint density at radius 3 is 2.20 bits per heavy atom. The van der Waals surface area contributed by atoms with Gasteiger partial charge in [0.15, 0.2) is 0 Å². The first-order valence-electron chi connectivity index (χ1n) is 13.4. The number of imide groups is 2. The molecule has 1 fully saturated rings. The molecule has 6 heteroatoms. The molecule has 5 aromatic rings. The number of barbiturate groups is 1. The highest BCUT2D eigenvalue weighted by atomic mass is 16.5. The zero-order valence-electron chi connectivity index (χ0n) is 23.0. The van der Waals surface area contributed by atoms with Gasteiger partial charge < -0.3 is 4.74 Å². The first-order chi connectivity index (χ1) is 19.8. The SMILES string of the molecule is Cc1ccc(N2C(=O)NC(=O)/C(=C\c3c(OCc4c(C)ccc5ccccc45)ccc4ccccc34)C2=O)c(C)c1. The van der Waals surface area contributed by atoms with Crippen LogP contribution in [0.5, 0.6) is 5.75 Å². The summed E-state index contributed by atoms with van der Waals surface area (Å²) in [5, 5.41) is 6.33. The van der Waals surface area contributed by atoms with Crippen molar-refractivity contribution in [2.45, 2.75) is 27.4 Å². The van der Waals surface area contributed by atoms with Crippen LogP contribution >= 0.6 is 0 Å². The number of amides is 4. The van der Waals surface area contributed by atoms with Gasteiger partial charge in [-0.2, -0.15) is 0 Å². The second kappa shape index (κ2) is 10.4. The maximum absolute atomic E-state index is 13.7. The molecule has 0 atom stereocenters. The molecule has 202 valence electrons. The fourth-order valence-electron chi connectivity index (χ4n) is 5.41. The Hall–Kier alpha value is -5.23. The van der Waals surface area contributed by atoms with E-state index in [1.165, 1.54) is 6.08 Å². The van der Waals surface area contributed by atoms with Crippen LogP contribution in [0.3, 0.4) is 0 Å². The maximum Gasteiger partial charge on any atom is 0.335 e. The van der Waals surface area contributed by atoms with Crippen LogP contribution in [-0.2, 0) is 16.2 Å². The molecule has 0 bridgehead atoms. The van der Waals surface area contributed by atoms with Crippen molar-refractivity contribution in [1.29, 1.82) is 0 Å². The molecule has 5 aromatic carbocycles. The van der Waals surface area contributed by atoms with E-state index in [1.807, 2.05) is 74.5 Å². The molecule has 1 saturated heterocycles. The van der Waals surface area contributed by atoms with Gasteiger partial charge in [0.1, 0.15) is 17.9 Å². The van der Waals surface area contributed by atoms with Gasteiger partial charge in [-0.1, -0.05) is 84.4 Å². The number of rotatable bonds is 5. The van der Waals surface area contributed by atoms with Gasteiger partial charge in [0, 0.05) is 11.1 Å². The van der Waals surface area contributed by atoms with E-state index in [0.29, 0.717) is 23.6 Å². The van der Waals surface area contributed by atoms with Gasteiger partial charge in [-0.05, 0) is 71.7 Å². The maximum atomic E-state index is 13.7. The van der Waals surface area contributed by atoms with Crippen LogP contribution in [0.25, 0.3) is 27.6 Å². The van der Waals surface area contributed by atoms with Gasteiger partial charge in [-0.25, -0.2) is 9.69 Å². The number of anilines is 1. The fraction of sp³-hybridized carbons (Fsp3) is 0.114. The van der Waals surface area contributed by atoms with Crippen molar-refractivity contribution in [3.05, 3.63) is 124 Å². The summed E-state index contributed by atoms with van der Waals surface area (Å²) < 4.78 is 6.43. The lowest BCUT2D eigenvalue weighted by Crippen LogP contribution is -2.54. The third-order valence-corrected chi connectivity index (χ3v) is 7.56. The number of carbonyl (C=O) groups excluding carboxylic acids is 3. The van der Waals surface area contributed by atoms with Gasteiger partial charge >= 0.3 is 6.03 Å². The van der Waals surface area contributed by atoms with Crippen LogP contribution in [0.2, 0.25) is 0 Å². The van der Waals surface area contributed by atoms with Gasteiger partial charge in [0.05, 0.1) is 5.69 Å². The minimum atomic E-state index is -0.773. The van der Waals surface area contributed by atoms with Crippen LogP contribution in [0.1, 0.15) is 27.8 Å². The number of urea groups is 1. The van der Waals surface area contributed by atoms with Crippen molar-refractivity contribution in [2.24, 2.45) is 0 Å². The molecule has 0 aromatic heterocycles. The topological polar surface area (TPSA) is 75.7 Å². The second-order valence-electron chi connectivity index (χ2n) is 10.3. The second-order valence-corrected chi connectivity index (χ2v) is 10.3. The van der Waals surface area contributed by atoms with Crippen LogP contribution in [0.4, 0.5) is 10.5 Å². The van der Waals surface area contributed by atoms with Gasteiger partial charge in [0.25, 0.3) is 11.8 Å². The standard InChI is InChI=1S/C35H28N2O4/c1-21-12-16-31(23(3)18-21)37-34(39)29(33(38)36-35(37)40)19-28-26-10-6-4-9-25(26)15-17-32(28)41-20-30-22(2)13-14-24-8-5-7-11-27(24)30/h4-19H,20H2,1-3H3,(H,36,38,40)/b29-19+. The molecule has 0 spiro atoms. The number of nitrogens with one attached hydrogen (secondary N) is 1. The number of ether oxygens (including phenoxy) is 1. The molecule has 41 heavy (non-hydrogen) atoms. The summed E-state index contributed by atoms with van der Waals surface area (Å²) in [6.07, 6.45) is 1.54. The largest absolute Gasteiger partial charge is 0.488 e. The molecule has 1 heterocycles. The number of benzene rings is 5. The van der Waals surface area contributed by atoms with Crippen molar-refractivity contribution in [2.75, 3.05) is 4.90 Å². The van der Waals surface area contributed by atoms with Gasteiger partial charge in [0.2, 0.25) is 0 Å². The quantitative estimate of drug-likeness (QED) is 0.190.